The highest BCUT2D eigenvalue weighted by atomic mass is 79.9. The molecular weight excluding hydrogens is 314 g/mol. The van der Waals surface area contributed by atoms with Gasteiger partial charge in [-0.05, 0) is 34.5 Å². The molecule has 19 heavy (non-hydrogen) atoms. The Hall–Kier alpha value is -1.27. The number of methoxy groups -OCH3 is 2. The maximum Gasteiger partial charge on any atom is 0.251 e. The van der Waals surface area contributed by atoms with Crippen molar-refractivity contribution in [3.8, 4) is 11.5 Å². The summed E-state index contributed by atoms with van der Waals surface area (Å²) in [6.45, 7) is 1.80. The van der Waals surface area contributed by atoms with Gasteiger partial charge >= 0.3 is 0 Å². The number of amides is 1. The zero-order valence-electron chi connectivity index (χ0n) is 11.2. The summed E-state index contributed by atoms with van der Waals surface area (Å²) in [5, 5.41) is 11.8. The lowest BCUT2D eigenvalue weighted by Crippen LogP contribution is -2.36. The summed E-state index contributed by atoms with van der Waals surface area (Å²) in [4.78, 5) is 12.1. The van der Waals surface area contributed by atoms with E-state index in [1.807, 2.05) is 6.92 Å². The summed E-state index contributed by atoms with van der Waals surface area (Å²) in [5.41, 5.74) is 0.420. The van der Waals surface area contributed by atoms with Crippen molar-refractivity contribution < 1.29 is 19.4 Å². The zero-order valence-corrected chi connectivity index (χ0v) is 12.8. The van der Waals surface area contributed by atoms with Crippen LogP contribution in [-0.2, 0) is 0 Å². The van der Waals surface area contributed by atoms with Gasteiger partial charge in [-0.1, -0.05) is 6.92 Å². The van der Waals surface area contributed by atoms with Gasteiger partial charge in [-0.2, -0.15) is 0 Å². The topological polar surface area (TPSA) is 67.8 Å². The van der Waals surface area contributed by atoms with Gasteiger partial charge < -0.3 is 19.9 Å². The predicted molar refractivity (Wildman–Crippen MR) is 75.9 cm³/mol. The van der Waals surface area contributed by atoms with Crippen molar-refractivity contribution in [2.24, 2.45) is 0 Å². The van der Waals surface area contributed by atoms with Gasteiger partial charge in [0.1, 0.15) is 16.0 Å². The van der Waals surface area contributed by atoms with Gasteiger partial charge in [0.15, 0.2) is 0 Å². The second kappa shape index (κ2) is 7.35. The summed E-state index contributed by atoms with van der Waals surface area (Å²) in [6, 6.07) is 2.98. The van der Waals surface area contributed by atoms with Crippen molar-refractivity contribution >= 4 is 21.8 Å². The smallest absolute Gasteiger partial charge is 0.251 e. The minimum absolute atomic E-state index is 0.0902. The van der Waals surface area contributed by atoms with Gasteiger partial charge in [0.25, 0.3) is 5.91 Å². The predicted octanol–water partition coefficient (Wildman–Crippen LogP) is 1.97. The number of hydrogen-bond donors (Lipinski definition) is 2. The molecule has 0 saturated heterocycles. The number of nitrogens with one attached hydrogen (secondary N) is 1. The molecule has 0 aliphatic rings. The van der Waals surface area contributed by atoms with Crippen LogP contribution in [0.2, 0.25) is 0 Å². The fourth-order valence-electron chi connectivity index (χ4n) is 1.55. The maximum absolute atomic E-state index is 12.1. The van der Waals surface area contributed by atoms with Crippen LogP contribution in [0.5, 0.6) is 11.5 Å². The first-order valence-corrected chi connectivity index (χ1v) is 6.69. The standard InChI is InChI=1S/C13H18BrNO4/c1-4-9(7-16)15-13(17)8-5-10(18-2)12(14)11(6-8)19-3/h5-6,9,16H,4,7H2,1-3H3,(H,15,17). The van der Waals surface area contributed by atoms with E-state index >= 15 is 0 Å². The van der Waals surface area contributed by atoms with Crippen LogP contribution in [0.25, 0.3) is 0 Å². The minimum Gasteiger partial charge on any atom is -0.495 e. The molecule has 5 nitrogen and oxygen atoms in total. The van der Waals surface area contributed by atoms with Crippen LogP contribution in [0.3, 0.4) is 0 Å². The van der Waals surface area contributed by atoms with Crippen LogP contribution in [0.4, 0.5) is 0 Å². The number of halogens is 1. The zero-order chi connectivity index (χ0) is 14.4. The molecule has 6 heteroatoms. The summed E-state index contributed by atoms with van der Waals surface area (Å²) < 4.78 is 11.0. The average Bonchev–Trinajstić information content (AvgIpc) is 2.44. The third kappa shape index (κ3) is 3.84. The molecule has 0 bridgehead atoms. The van der Waals surface area contributed by atoms with Gasteiger partial charge in [0.05, 0.1) is 26.9 Å². The molecule has 0 heterocycles. The third-order valence-electron chi connectivity index (χ3n) is 2.76. The lowest BCUT2D eigenvalue weighted by Gasteiger charge is -2.15. The third-order valence-corrected chi connectivity index (χ3v) is 3.54. The summed E-state index contributed by atoms with van der Waals surface area (Å²) >= 11 is 3.34. The molecule has 1 aromatic rings. The van der Waals surface area contributed by atoms with E-state index in [0.717, 1.165) is 0 Å². The van der Waals surface area contributed by atoms with Gasteiger partial charge in [-0.15, -0.1) is 0 Å². The number of aliphatic hydroxyl groups is 1. The number of benzene rings is 1. The Morgan fingerprint density at radius 1 is 1.37 bits per heavy atom. The molecule has 0 aliphatic carbocycles. The van der Waals surface area contributed by atoms with Crippen molar-refractivity contribution in [2.45, 2.75) is 19.4 Å². The van der Waals surface area contributed by atoms with E-state index in [4.69, 9.17) is 14.6 Å². The molecule has 0 fully saturated rings. The molecule has 1 aromatic carbocycles. The van der Waals surface area contributed by atoms with E-state index in [1.165, 1.54) is 14.2 Å². The molecule has 0 spiro atoms. The number of ether oxygens (including phenoxy) is 2. The van der Waals surface area contributed by atoms with Crippen molar-refractivity contribution in [3.05, 3.63) is 22.2 Å². The van der Waals surface area contributed by atoms with Gasteiger partial charge in [0, 0.05) is 5.56 Å². The van der Waals surface area contributed by atoms with E-state index in [9.17, 15) is 4.79 Å². The minimum atomic E-state index is -0.273. The number of aliphatic hydroxyl groups excluding tert-OH is 1. The van der Waals surface area contributed by atoms with Gasteiger partial charge in [-0.25, -0.2) is 0 Å². The highest BCUT2D eigenvalue weighted by molar-refractivity contribution is 9.10. The highest BCUT2D eigenvalue weighted by Crippen LogP contribution is 2.35. The number of carbonyl (C=O) groups excluding carboxylic acids is 1. The van der Waals surface area contributed by atoms with Crippen molar-refractivity contribution in [1.82, 2.24) is 5.32 Å². The van der Waals surface area contributed by atoms with E-state index in [2.05, 4.69) is 21.2 Å². The maximum atomic E-state index is 12.1. The number of carbonyl (C=O) groups is 1. The monoisotopic (exact) mass is 331 g/mol. The average molecular weight is 332 g/mol. The first kappa shape index (κ1) is 15.8. The molecule has 1 atom stereocenters. The second-order valence-electron chi connectivity index (χ2n) is 3.96. The quantitative estimate of drug-likeness (QED) is 0.836. The fraction of sp³-hybridized carbons (Fsp3) is 0.462. The normalized spacial score (nSPS) is 11.8. The largest absolute Gasteiger partial charge is 0.495 e. The van der Waals surface area contributed by atoms with Crippen LogP contribution in [0, 0.1) is 0 Å². The van der Waals surface area contributed by atoms with Crippen LogP contribution < -0.4 is 14.8 Å². The summed E-state index contributed by atoms with van der Waals surface area (Å²) in [5.74, 6) is 0.757. The Labute approximate surface area is 121 Å². The molecule has 1 rings (SSSR count). The molecule has 0 aromatic heterocycles. The van der Waals surface area contributed by atoms with Crippen LogP contribution in [0.15, 0.2) is 16.6 Å². The Morgan fingerprint density at radius 3 is 2.26 bits per heavy atom. The Morgan fingerprint density at radius 2 is 1.89 bits per heavy atom. The van der Waals surface area contributed by atoms with Crippen LogP contribution in [0.1, 0.15) is 23.7 Å². The molecule has 0 aliphatic heterocycles. The highest BCUT2D eigenvalue weighted by Gasteiger charge is 2.16. The first-order valence-electron chi connectivity index (χ1n) is 5.90. The molecule has 0 radical (unpaired) electrons. The van der Waals surface area contributed by atoms with Crippen LogP contribution >= 0.6 is 15.9 Å². The van der Waals surface area contributed by atoms with Gasteiger partial charge in [0.2, 0.25) is 0 Å². The number of rotatable bonds is 6. The van der Waals surface area contributed by atoms with Crippen molar-refractivity contribution in [1.29, 1.82) is 0 Å². The number of hydrogen-bond acceptors (Lipinski definition) is 4. The molecular formula is C13H18BrNO4. The molecule has 1 unspecified atom stereocenters. The Balaban J connectivity index is 3.03. The lowest BCUT2D eigenvalue weighted by atomic mass is 10.1. The van der Waals surface area contributed by atoms with E-state index in [0.29, 0.717) is 28.0 Å². The molecule has 2 N–H and O–H groups in total. The molecule has 0 saturated carbocycles. The van der Waals surface area contributed by atoms with Gasteiger partial charge in [-0.3, -0.25) is 4.79 Å². The fourth-order valence-corrected chi connectivity index (χ4v) is 2.10. The van der Waals surface area contributed by atoms with E-state index in [1.54, 1.807) is 12.1 Å². The SMILES string of the molecule is CCC(CO)NC(=O)c1cc(OC)c(Br)c(OC)c1. The second-order valence-corrected chi connectivity index (χ2v) is 4.75. The lowest BCUT2D eigenvalue weighted by molar-refractivity contribution is 0.0914. The van der Waals surface area contributed by atoms with Crippen molar-refractivity contribution in [3.63, 3.8) is 0 Å². The Bertz CT molecular complexity index is 421. The first-order chi connectivity index (χ1) is 9.07. The van der Waals surface area contributed by atoms with Crippen LogP contribution in [-0.4, -0.2) is 37.9 Å². The summed E-state index contributed by atoms with van der Waals surface area (Å²) in [7, 11) is 3.04. The molecule has 1 amide bonds. The van der Waals surface area contributed by atoms with E-state index < -0.39 is 0 Å². The summed E-state index contributed by atoms with van der Waals surface area (Å²) in [6.07, 6.45) is 0.660. The molecule has 106 valence electrons. The van der Waals surface area contributed by atoms with E-state index in [-0.39, 0.29) is 18.6 Å². The van der Waals surface area contributed by atoms with Crippen molar-refractivity contribution in [2.75, 3.05) is 20.8 Å². The Kier molecular flexibility index (Phi) is 6.11.